The third kappa shape index (κ3) is 2.48. The maximum Gasteiger partial charge on any atom is 0.175 e. The molecule has 3 aromatic rings. The van der Waals surface area contributed by atoms with Gasteiger partial charge in [0.2, 0.25) is 0 Å². The van der Waals surface area contributed by atoms with Crippen LogP contribution in [0.2, 0.25) is 0 Å². The Kier molecular flexibility index (Phi) is 3.92. The van der Waals surface area contributed by atoms with E-state index in [2.05, 4.69) is 38.1 Å². The average molecular weight is 421 g/mol. The summed E-state index contributed by atoms with van der Waals surface area (Å²) in [5, 5.41) is 0. The Labute approximate surface area is 187 Å². The molecule has 1 atom stereocenters. The lowest BCUT2D eigenvalue weighted by molar-refractivity contribution is -0.118. The van der Waals surface area contributed by atoms with Gasteiger partial charge in [0.05, 0.1) is 0 Å². The Bertz CT molecular complexity index is 1270. The van der Waals surface area contributed by atoms with Gasteiger partial charge in [-0.05, 0) is 16.5 Å². The van der Waals surface area contributed by atoms with E-state index in [1.165, 1.54) is 0 Å². The molecule has 0 amide bonds. The van der Waals surface area contributed by atoms with Crippen molar-refractivity contribution in [3.05, 3.63) is 107 Å². The Balaban J connectivity index is 1.65. The molecule has 158 valence electrons. The van der Waals surface area contributed by atoms with Gasteiger partial charge in [-0.25, -0.2) is 0 Å². The Morgan fingerprint density at radius 1 is 0.812 bits per heavy atom. The molecular formula is C29H24O3. The van der Waals surface area contributed by atoms with Crippen molar-refractivity contribution in [3.8, 4) is 11.1 Å². The standard InChI is InChI=1S/C29H24O3/c1-28(2)16-23(30)25-24(17-28)32-29(26(25)27(31)18-10-4-3-5-11-18)21-14-8-6-12-19(21)20-13-7-9-15-22(20)29/h3-15,26H,16-17H2,1-2H3. The number of hydrogen-bond donors (Lipinski definition) is 0. The molecule has 0 N–H and O–H groups in total. The molecule has 0 aromatic heterocycles. The first-order valence-corrected chi connectivity index (χ1v) is 11.2. The number of allylic oxidation sites excluding steroid dienone is 1. The minimum atomic E-state index is -1.01. The molecule has 3 aliphatic rings. The predicted molar refractivity (Wildman–Crippen MR) is 123 cm³/mol. The molecule has 0 saturated carbocycles. The van der Waals surface area contributed by atoms with E-state index in [4.69, 9.17) is 4.74 Å². The van der Waals surface area contributed by atoms with E-state index in [-0.39, 0.29) is 17.0 Å². The Morgan fingerprint density at radius 3 is 2.00 bits per heavy atom. The molecule has 3 aromatic carbocycles. The van der Waals surface area contributed by atoms with E-state index in [1.807, 2.05) is 54.6 Å². The summed E-state index contributed by atoms with van der Waals surface area (Å²) < 4.78 is 6.87. The number of rotatable bonds is 2. The van der Waals surface area contributed by atoms with Crippen molar-refractivity contribution < 1.29 is 14.3 Å². The summed E-state index contributed by atoms with van der Waals surface area (Å²) in [6.07, 6.45) is 1.08. The summed E-state index contributed by atoms with van der Waals surface area (Å²) in [7, 11) is 0. The molecule has 2 aliphatic carbocycles. The van der Waals surface area contributed by atoms with Gasteiger partial charge in [0, 0.05) is 35.1 Å². The van der Waals surface area contributed by atoms with Crippen molar-refractivity contribution in [2.75, 3.05) is 0 Å². The van der Waals surface area contributed by atoms with Crippen LogP contribution in [-0.2, 0) is 15.1 Å². The first kappa shape index (κ1) is 19.2. The topological polar surface area (TPSA) is 43.4 Å². The summed E-state index contributed by atoms with van der Waals surface area (Å²) in [5.74, 6) is -0.0419. The molecule has 1 aliphatic heterocycles. The largest absolute Gasteiger partial charge is 0.480 e. The summed E-state index contributed by atoms with van der Waals surface area (Å²) in [6, 6.07) is 25.6. The van der Waals surface area contributed by atoms with Gasteiger partial charge in [-0.15, -0.1) is 0 Å². The summed E-state index contributed by atoms with van der Waals surface area (Å²) in [5.41, 5.74) is 4.05. The van der Waals surface area contributed by atoms with Crippen LogP contribution >= 0.6 is 0 Å². The normalized spacial score (nSPS) is 21.7. The van der Waals surface area contributed by atoms with E-state index in [0.717, 1.165) is 22.3 Å². The fraction of sp³-hybridized carbons (Fsp3) is 0.241. The molecular weight excluding hydrogens is 396 g/mol. The molecule has 0 bridgehead atoms. The predicted octanol–water partition coefficient (Wildman–Crippen LogP) is 6.08. The van der Waals surface area contributed by atoms with Crippen molar-refractivity contribution in [1.29, 1.82) is 0 Å². The smallest absolute Gasteiger partial charge is 0.175 e. The van der Waals surface area contributed by atoms with Crippen LogP contribution in [0, 0.1) is 11.3 Å². The van der Waals surface area contributed by atoms with Gasteiger partial charge in [-0.2, -0.15) is 0 Å². The van der Waals surface area contributed by atoms with Crippen molar-refractivity contribution in [2.24, 2.45) is 11.3 Å². The van der Waals surface area contributed by atoms with Crippen molar-refractivity contribution in [1.82, 2.24) is 0 Å². The van der Waals surface area contributed by atoms with Crippen molar-refractivity contribution >= 4 is 11.6 Å². The van der Waals surface area contributed by atoms with E-state index in [9.17, 15) is 9.59 Å². The Morgan fingerprint density at radius 2 is 1.38 bits per heavy atom. The molecule has 3 heteroatoms. The third-order valence-electron chi connectivity index (χ3n) is 7.12. The van der Waals surface area contributed by atoms with Crippen molar-refractivity contribution in [2.45, 2.75) is 32.3 Å². The molecule has 32 heavy (non-hydrogen) atoms. The molecule has 1 heterocycles. The second kappa shape index (κ2) is 6.52. The summed E-state index contributed by atoms with van der Waals surface area (Å²) in [4.78, 5) is 27.6. The first-order valence-electron chi connectivity index (χ1n) is 11.2. The second-order valence-corrected chi connectivity index (χ2v) is 9.87. The SMILES string of the molecule is CC1(C)CC(=O)C2=C(C1)OC1(c3ccccc3-c3ccccc31)C2C(=O)c1ccccc1. The summed E-state index contributed by atoms with van der Waals surface area (Å²) in [6.45, 7) is 4.18. The molecule has 0 saturated heterocycles. The number of ether oxygens (including phenoxy) is 1. The number of ketones is 2. The van der Waals surface area contributed by atoms with Gasteiger partial charge >= 0.3 is 0 Å². The molecule has 6 rings (SSSR count). The second-order valence-electron chi connectivity index (χ2n) is 9.87. The van der Waals surface area contributed by atoms with Crippen LogP contribution in [0.4, 0.5) is 0 Å². The van der Waals surface area contributed by atoms with E-state index in [1.54, 1.807) is 0 Å². The van der Waals surface area contributed by atoms with E-state index < -0.39 is 11.5 Å². The third-order valence-corrected chi connectivity index (χ3v) is 7.12. The highest BCUT2D eigenvalue weighted by Crippen LogP contribution is 2.62. The minimum absolute atomic E-state index is 0.0317. The van der Waals surface area contributed by atoms with Crippen LogP contribution < -0.4 is 0 Å². The number of fused-ring (bicyclic) bond motifs is 5. The van der Waals surface area contributed by atoms with Crippen LogP contribution in [0.5, 0.6) is 0 Å². The lowest BCUT2D eigenvalue weighted by Gasteiger charge is -2.33. The first-order chi connectivity index (χ1) is 15.4. The number of hydrogen-bond acceptors (Lipinski definition) is 3. The van der Waals surface area contributed by atoms with Crippen LogP contribution in [0.15, 0.2) is 90.2 Å². The Hall–Kier alpha value is -3.46. The molecule has 1 spiro atoms. The zero-order chi connectivity index (χ0) is 22.1. The zero-order valence-electron chi connectivity index (χ0n) is 18.2. The van der Waals surface area contributed by atoms with Gasteiger partial charge < -0.3 is 4.74 Å². The average Bonchev–Trinajstić information content (AvgIpc) is 3.27. The minimum Gasteiger partial charge on any atom is -0.480 e. The van der Waals surface area contributed by atoms with Gasteiger partial charge in [-0.1, -0.05) is 92.7 Å². The van der Waals surface area contributed by atoms with Crippen molar-refractivity contribution in [3.63, 3.8) is 0 Å². The van der Waals surface area contributed by atoms with Gasteiger partial charge in [0.1, 0.15) is 11.7 Å². The van der Waals surface area contributed by atoms with Gasteiger partial charge in [0.15, 0.2) is 17.2 Å². The fourth-order valence-corrected chi connectivity index (χ4v) is 5.88. The zero-order valence-corrected chi connectivity index (χ0v) is 18.2. The number of benzene rings is 3. The summed E-state index contributed by atoms with van der Waals surface area (Å²) >= 11 is 0. The highest BCUT2D eigenvalue weighted by molar-refractivity contribution is 6.11. The molecule has 0 fully saturated rings. The van der Waals surface area contributed by atoms with Gasteiger partial charge in [0.25, 0.3) is 0 Å². The lowest BCUT2D eigenvalue weighted by Crippen LogP contribution is -2.40. The number of Topliss-reactive ketones (excluding diaryl/α,β-unsaturated/α-hetero) is 2. The maximum absolute atomic E-state index is 14.1. The molecule has 0 radical (unpaired) electrons. The fourth-order valence-electron chi connectivity index (χ4n) is 5.88. The highest BCUT2D eigenvalue weighted by Gasteiger charge is 2.62. The lowest BCUT2D eigenvalue weighted by atomic mass is 9.68. The maximum atomic E-state index is 14.1. The number of carbonyl (C=O) groups is 2. The quantitative estimate of drug-likeness (QED) is 0.472. The monoisotopic (exact) mass is 420 g/mol. The number of carbonyl (C=O) groups excluding carboxylic acids is 2. The van der Waals surface area contributed by atoms with E-state index in [0.29, 0.717) is 29.7 Å². The molecule has 1 unspecified atom stereocenters. The van der Waals surface area contributed by atoms with Crippen LogP contribution in [0.3, 0.4) is 0 Å². The van der Waals surface area contributed by atoms with Crippen LogP contribution in [0.1, 0.15) is 48.2 Å². The van der Waals surface area contributed by atoms with Gasteiger partial charge in [-0.3, -0.25) is 9.59 Å². The highest BCUT2D eigenvalue weighted by atomic mass is 16.5. The molecule has 3 nitrogen and oxygen atoms in total. The van der Waals surface area contributed by atoms with Crippen LogP contribution in [-0.4, -0.2) is 11.6 Å². The van der Waals surface area contributed by atoms with Crippen LogP contribution in [0.25, 0.3) is 11.1 Å². The van der Waals surface area contributed by atoms with E-state index >= 15 is 0 Å².